The third kappa shape index (κ3) is 4.81. The third-order valence-corrected chi connectivity index (χ3v) is 11.2. The van der Waals surface area contributed by atoms with Crippen LogP contribution in [-0.4, -0.2) is 49.9 Å². The third-order valence-electron chi connectivity index (χ3n) is 10.9. The van der Waals surface area contributed by atoms with Gasteiger partial charge in [0.15, 0.2) is 0 Å². The molecule has 0 spiro atoms. The number of carbonyl (C=O) groups is 5. The minimum Gasteiger partial charge on any atom is -0.508 e. The fourth-order valence-corrected chi connectivity index (χ4v) is 8.95. The summed E-state index contributed by atoms with van der Waals surface area (Å²) in [6.07, 6.45) is 1.96. The number of aromatic carboxylic acids is 1. The second-order valence-electron chi connectivity index (χ2n) is 13.5. The van der Waals surface area contributed by atoms with Gasteiger partial charge in [-0.1, -0.05) is 47.5 Å². The lowest BCUT2D eigenvalue weighted by Gasteiger charge is -2.50. The molecule has 4 N–H and O–H groups in total. The van der Waals surface area contributed by atoms with Gasteiger partial charge in [0, 0.05) is 17.0 Å². The first-order valence-electron chi connectivity index (χ1n) is 16.5. The van der Waals surface area contributed by atoms with Gasteiger partial charge in [-0.2, -0.15) is 5.01 Å². The highest BCUT2D eigenvalue weighted by Crippen LogP contribution is 2.64. The number of aromatic hydroxyl groups is 2. The molecule has 0 aromatic heterocycles. The van der Waals surface area contributed by atoms with Gasteiger partial charge in [-0.15, -0.1) is 0 Å². The molecule has 4 aromatic carbocycles. The maximum atomic E-state index is 15.1. The molecule has 1 saturated carbocycles. The molecule has 0 radical (unpaired) electrons. The molecule has 4 aromatic rings. The van der Waals surface area contributed by atoms with Gasteiger partial charge in [-0.25, -0.2) is 14.1 Å². The molecule has 262 valence electrons. The number of hydrogen-bond donors (Lipinski definition) is 4. The van der Waals surface area contributed by atoms with Crippen molar-refractivity contribution in [3.63, 3.8) is 0 Å². The van der Waals surface area contributed by atoms with Crippen LogP contribution in [0.15, 0.2) is 103 Å². The van der Waals surface area contributed by atoms with E-state index in [9.17, 15) is 38.9 Å². The van der Waals surface area contributed by atoms with Crippen LogP contribution in [0.4, 0.5) is 15.8 Å². The first-order valence-corrected chi connectivity index (χ1v) is 16.9. The smallest absolute Gasteiger partial charge is 0.339 e. The molecular formula is C39H29ClFN3O8. The van der Waals surface area contributed by atoms with E-state index in [0.717, 1.165) is 22.0 Å². The largest absolute Gasteiger partial charge is 0.508 e. The van der Waals surface area contributed by atoms with Gasteiger partial charge < -0.3 is 15.3 Å². The Morgan fingerprint density at radius 3 is 2.27 bits per heavy atom. The van der Waals surface area contributed by atoms with Crippen molar-refractivity contribution in [2.45, 2.75) is 24.2 Å². The van der Waals surface area contributed by atoms with Crippen LogP contribution < -0.4 is 10.3 Å². The van der Waals surface area contributed by atoms with E-state index in [2.05, 4.69) is 5.43 Å². The van der Waals surface area contributed by atoms with Crippen molar-refractivity contribution in [2.75, 3.05) is 10.3 Å². The number of phenolic OH excluding ortho intramolecular Hbond substituents is 1. The minimum absolute atomic E-state index is 0.00564. The van der Waals surface area contributed by atoms with E-state index < -0.39 is 81.7 Å². The van der Waals surface area contributed by atoms with Crippen LogP contribution in [0.25, 0.3) is 0 Å². The highest BCUT2D eigenvalue weighted by Gasteiger charge is 2.70. The lowest BCUT2D eigenvalue weighted by Crippen LogP contribution is -2.53. The predicted molar refractivity (Wildman–Crippen MR) is 185 cm³/mol. The van der Waals surface area contributed by atoms with Gasteiger partial charge in [0.2, 0.25) is 11.8 Å². The molecule has 4 aliphatic rings. The molecular weight excluding hydrogens is 693 g/mol. The number of nitrogens with zero attached hydrogens (tertiary/aromatic N) is 2. The fourth-order valence-electron chi connectivity index (χ4n) is 8.83. The summed E-state index contributed by atoms with van der Waals surface area (Å²) in [5.74, 6) is -9.42. The Balaban J connectivity index is 1.29. The molecule has 2 saturated heterocycles. The number of amides is 4. The summed E-state index contributed by atoms with van der Waals surface area (Å²) >= 11 is 6.31. The molecule has 2 heterocycles. The van der Waals surface area contributed by atoms with E-state index in [-0.39, 0.29) is 30.0 Å². The van der Waals surface area contributed by atoms with E-state index in [1.807, 2.05) is 6.08 Å². The second-order valence-corrected chi connectivity index (χ2v) is 13.9. The number of benzene rings is 4. The van der Waals surface area contributed by atoms with Crippen LogP contribution in [0, 0.1) is 29.5 Å². The fraction of sp³-hybridized carbons (Fsp3) is 0.205. The Morgan fingerprint density at radius 2 is 1.60 bits per heavy atom. The Kier molecular flexibility index (Phi) is 7.68. The number of carboxylic acids is 1. The summed E-state index contributed by atoms with van der Waals surface area (Å²) in [6.45, 7) is 0. The van der Waals surface area contributed by atoms with Gasteiger partial charge >= 0.3 is 5.97 Å². The molecule has 11 nitrogen and oxygen atoms in total. The number of carboxylic acid groups (broad SMARTS) is 1. The lowest BCUT2D eigenvalue weighted by molar-refractivity contribution is -0.138. The normalized spacial score (nSPS) is 26.5. The number of nitrogens with one attached hydrogen (secondary N) is 1. The van der Waals surface area contributed by atoms with Crippen LogP contribution in [0.2, 0.25) is 5.02 Å². The van der Waals surface area contributed by atoms with Crippen molar-refractivity contribution in [1.29, 1.82) is 0 Å². The molecule has 6 unspecified atom stereocenters. The summed E-state index contributed by atoms with van der Waals surface area (Å²) in [6, 6.07) is 21.6. The van der Waals surface area contributed by atoms with Gasteiger partial charge in [0.1, 0.15) is 22.9 Å². The number of fused-ring (bicyclic) bond motifs is 4. The zero-order valence-electron chi connectivity index (χ0n) is 27.1. The van der Waals surface area contributed by atoms with Crippen molar-refractivity contribution in [1.82, 2.24) is 5.01 Å². The summed E-state index contributed by atoms with van der Waals surface area (Å²) in [4.78, 5) is 70.6. The number of carbonyl (C=O) groups excluding carboxylic acids is 4. The molecule has 2 aliphatic carbocycles. The zero-order valence-corrected chi connectivity index (χ0v) is 27.8. The average Bonchev–Trinajstić information content (AvgIpc) is 3.50. The Bertz CT molecular complexity index is 2240. The van der Waals surface area contributed by atoms with Gasteiger partial charge in [-0.05, 0) is 90.6 Å². The van der Waals surface area contributed by atoms with Crippen molar-refractivity contribution >= 4 is 52.6 Å². The Hall–Kier alpha value is -6.01. The molecule has 52 heavy (non-hydrogen) atoms. The van der Waals surface area contributed by atoms with Crippen LogP contribution in [0.1, 0.15) is 40.2 Å². The number of rotatable bonds is 6. The number of halogens is 2. The zero-order chi connectivity index (χ0) is 36.6. The molecule has 4 amide bonds. The highest BCUT2D eigenvalue weighted by atomic mass is 35.5. The molecule has 8 rings (SSSR count). The van der Waals surface area contributed by atoms with Crippen LogP contribution in [0.3, 0.4) is 0 Å². The van der Waals surface area contributed by atoms with Crippen LogP contribution in [-0.2, 0) is 24.6 Å². The Morgan fingerprint density at radius 1 is 0.865 bits per heavy atom. The SMILES string of the molecule is O=C(O)c1ccc(N2C(=O)C3CC=C4C(CC5C(=O)N(Nc6ccc(F)cc6)C(=O)C5(c5ccc(Cl)cc5)C4c4cccc(O)c4)C3C2=O)cc1O. The van der Waals surface area contributed by atoms with E-state index in [1.54, 1.807) is 36.4 Å². The maximum absolute atomic E-state index is 15.1. The molecule has 2 aliphatic heterocycles. The summed E-state index contributed by atoms with van der Waals surface area (Å²) in [7, 11) is 0. The van der Waals surface area contributed by atoms with Gasteiger partial charge in [0.25, 0.3) is 11.8 Å². The first-order chi connectivity index (χ1) is 24.9. The van der Waals surface area contributed by atoms with E-state index in [1.165, 1.54) is 42.5 Å². The minimum atomic E-state index is -1.61. The number of anilines is 2. The van der Waals surface area contributed by atoms with E-state index in [0.29, 0.717) is 21.7 Å². The lowest BCUT2D eigenvalue weighted by atomic mass is 9.49. The van der Waals surface area contributed by atoms with Gasteiger partial charge in [0.05, 0.1) is 34.5 Å². The number of hydrazine groups is 1. The quantitative estimate of drug-likeness (QED) is 0.143. The summed E-state index contributed by atoms with van der Waals surface area (Å²) in [5, 5.41) is 31.8. The molecule has 13 heteroatoms. The summed E-state index contributed by atoms with van der Waals surface area (Å²) in [5.41, 5.74) is 2.79. The number of allylic oxidation sites excluding steroid dienone is 2. The monoisotopic (exact) mass is 721 g/mol. The number of phenols is 2. The topological polar surface area (TPSA) is 165 Å². The highest BCUT2D eigenvalue weighted by molar-refractivity contribution is 6.30. The van der Waals surface area contributed by atoms with Crippen molar-refractivity contribution in [2.24, 2.45) is 23.7 Å². The van der Waals surface area contributed by atoms with Crippen molar-refractivity contribution in [3.05, 3.63) is 130 Å². The van der Waals surface area contributed by atoms with E-state index >= 15 is 4.79 Å². The predicted octanol–water partition coefficient (Wildman–Crippen LogP) is 5.78. The van der Waals surface area contributed by atoms with Crippen LogP contribution >= 0.6 is 11.6 Å². The maximum Gasteiger partial charge on any atom is 0.339 e. The van der Waals surface area contributed by atoms with Crippen molar-refractivity contribution < 1.29 is 43.7 Å². The van der Waals surface area contributed by atoms with Crippen molar-refractivity contribution in [3.8, 4) is 11.5 Å². The second kappa shape index (κ2) is 12.1. The number of hydrogen-bond acceptors (Lipinski definition) is 8. The number of imide groups is 2. The van der Waals surface area contributed by atoms with Gasteiger partial charge in [-0.3, -0.25) is 24.6 Å². The van der Waals surface area contributed by atoms with Crippen LogP contribution in [0.5, 0.6) is 11.5 Å². The first kappa shape index (κ1) is 33.2. The average molecular weight is 722 g/mol. The standard InChI is InChI=1S/C39H29ClFN3O8/c40-21-6-4-20(5-7-21)39-30(35(48)44(38(39)52)42-23-10-8-22(41)9-11-23)18-29-26(33(39)19-2-1-3-25(45)16-19)14-15-28-32(29)36(49)43(34(28)47)24-12-13-27(37(50)51)31(46)17-24/h1-14,16-17,28-30,32-33,42,45-46H,15,18H2,(H,50,51). The summed E-state index contributed by atoms with van der Waals surface area (Å²) < 4.78 is 13.8. The molecule has 3 fully saturated rings. The molecule has 6 atom stereocenters. The van der Waals surface area contributed by atoms with E-state index in [4.69, 9.17) is 11.6 Å². The Labute approximate surface area is 300 Å². The molecule has 0 bridgehead atoms.